The Hall–Kier alpha value is -1.91. The molecule has 0 aliphatic heterocycles. The maximum atomic E-state index is 5.46. The average Bonchev–Trinajstić information content (AvgIpc) is 2.56. The van der Waals surface area contributed by atoms with E-state index in [-0.39, 0.29) is 0 Å². The summed E-state index contributed by atoms with van der Waals surface area (Å²) in [4.78, 5) is 4.02. The van der Waals surface area contributed by atoms with Crippen LogP contribution in [-0.4, -0.2) is 20.0 Å². The number of nitrogens with zero attached hydrogens (tertiary/aromatic N) is 4. The largest absolute Gasteiger partial charge is 0.381 e. The minimum absolute atomic E-state index is 0.441. The van der Waals surface area contributed by atoms with Crippen molar-refractivity contribution in [2.45, 2.75) is 13.5 Å². The zero-order chi connectivity index (χ0) is 9.97. The maximum absolute atomic E-state index is 5.46. The van der Waals surface area contributed by atoms with Crippen LogP contribution in [0.15, 0.2) is 24.7 Å². The zero-order valence-corrected chi connectivity index (χ0v) is 7.88. The van der Waals surface area contributed by atoms with Crippen LogP contribution in [0.25, 0.3) is 0 Å². The van der Waals surface area contributed by atoms with Crippen LogP contribution in [0.4, 0.5) is 5.82 Å². The molecule has 0 spiro atoms. The highest BCUT2D eigenvalue weighted by atomic mass is 15.4. The van der Waals surface area contributed by atoms with E-state index in [0.717, 1.165) is 5.56 Å². The molecule has 2 aromatic heterocycles. The Morgan fingerprint density at radius 3 is 3.00 bits per heavy atom. The molecular formula is C9H11N5. The molecule has 2 rings (SSSR count). The van der Waals surface area contributed by atoms with E-state index >= 15 is 0 Å². The van der Waals surface area contributed by atoms with Crippen LogP contribution in [0.3, 0.4) is 0 Å². The van der Waals surface area contributed by atoms with Crippen molar-refractivity contribution in [3.8, 4) is 0 Å². The van der Waals surface area contributed by atoms with Crippen molar-refractivity contribution in [2.24, 2.45) is 0 Å². The number of rotatable bonds is 2. The lowest BCUT2D eigenvalue weighted by Gasteiger charge is -2.03. The highest BCUT2D eigenvalue weighted by Crippen LogP contribution is 2.07. The fraction of sp³-hybridized carbons (Fsp3) is 0.222. The molecule has 2 N–H and O–H groups in total. The molecule has 5 nitrogen and oxygen atoms in total. The van der Waals surface area contributed by atoms with Crippen LogP contribution >= 0.6 is 0 Å². The van der Waals surface area contributed by atoms with Gasteiger partial charge >= 0.3 is 0 Å². The normalized spacial score (nSPS) is 10.4. The van der Waals surface area contributed by atoms with Gasteiger partial charge in [0.05, 0.1) is 12.7 Å². The predicted molar refractivity (Wildman–Crippen MR) is 52.5 cm³/mol. The third-order valence-electron chi connectivity index (χ3n) is 2.03. The Bertz CT molecular complexity index is 434. The number of pyridine rings is 1. The second-order valence-corrected chi connectivity index (χ2v) is 3.14. The number of aryl methyl sites for hydroxylation is 1. The van der Waals surface area contributed by atoms with Crippen LogP contribution < -0.4 is 5.73 Å². The summed E-state index contributed by atoms with van der Waals surface area (Å²) in [5, 5.41) is 7.59. The summed E-state index contributed by atoms with van der Waals surface area (Å²) < 4.78 is 1.71. The molecule has 5 heteroatoms. The number of hydrogen-bond donors (Lipinski definition) is 1. The summed E-state index contributed by atoms with van der Waals surface area (Å²) in [6.07, 6.45) is 5.30. The molecule has 0 aromatic carbocycles. The molecule has 0 aliphatic carbocycles. The summed E-state index contributed by atoms with van der Waals surface area (Å²) in [5.41, 5.74) is 7.78. The van der Waals surface area contributed by atoms with Crippen molar-refractivity contribution in [3.05, 3.63) is 35.8 Å². The van der Waals surface area contributed by atoms with Crippen LogP contribution in [0.5, 0.6) is 0 Å². The van der Waals surface area contributed by atoms with E-state index in [9.17, 15) is 0 Å². The highest BCUT2D eigenvalue weighted by Gasteiger charge is 2.00. The Kier molecular flexibility index (Phi) is 2.14. The molecule has 2 heterocycles. The summed E-state index contributed by atoms with van der Waals surface area (Å²) in [6.45, 7) is 2.70. The second-order valence-electron chi connectivity index (χ2n) is 3.14. The molecule has 14 heavy (non-hydrogen) atoms. The van der Waals surface area contributed by atoms with Gasteiger partial charge in [0.25, 0.3) is 0 Å². The summed E-state index contributed by atoms with van der Waals surface area (Å²) in [7, 11) is 0. The third kappa shape index (κ3) is 1.71. The molecule has 2 aromatic rings. The lowest BCUT2D eigenvalue weighted by molar-refractivity contribution is 0.647. The smallest absolute Gasteiger partial charge is 0.165 e. The summed E-state index contributed by atoms with van der Waals surface area (Å²) in [6, 6.07) is 1.97. The van der Waals surface area contributed by atoms with E-state index in [1.807, 2.05) is 19.2 Å². The average molecular weight is 189 g/mol. The first kappa shape index (κ1) is 8.68. The van der Waals surface area contributed by atoms with E-state index in [1.54, 1.807) is 17.1 Å². The van der Waals surface area contributed by atoms with E-state index in [1.165, 1.54) is 5.56 Å². The number of nitrogen functional groups attached to an aromatic ring is 1. The fourth-order valence-electron chi connectivity index (χ4n) is 1.24. The predicted octanol–water partition coefficient (Wildman–Crippen LogP) is 0.612. The van der Waals surface area contributed by atoms with Crippen molar-refractivity contribution in [2.75, 3.05) is 5.73 Å². The SMILES string of the molecule is Cc1cnccc1Cn1cc(N)nn1. The van der Waals surface area contributed by atoms with Gasteiger partial charge in [0.15, 0.2) is 5.82 Å². The fourth-order valence-corrected chi connectivity index (χ4v) is 1.24. The van der Waals surface area contributed by atoms with E-state index in [4.69, 9.17) is 5.73 Å². The van der Waals surface area contributed by atoms with Crippen molar-refractivity contribution >= 4 is 5.82 Å². The van der Waals surface area contributed by atoms with Gasteiger partial charge in [-0.1, -0.05) is 5.21 Å². The minimum atomic E-state index is 0.441. The van der Waals surface area contributed by atoms with Crippen molar-refractivity contribution < 1.29 is 0 Å². The molecule has 0 saturated heterocycles. The first-order valence-corrected chi connectivity index (χ1v) is 4.31. The van der Waals surface area contributed by atoms with Gasteiger partial charge in [0.2, 0.25) is 0 Å². The molecule has 0 unspecified atom stereocenters. The van der Waals surface area contributed by atoms with Crippen molar-refractivity contribution in [1.82, 2.24) is 20.0 Å². The molecular weight excluding hydrogens is 178 g/mol. The quantitative estimate of drug-likeness (QED) is 0.751. The van der Waals surface area contributed by atoms with Crippen molar-refractivity contribution in [1.29, 1.82) is 0 Å². The van der Waals surface area contributed by atoms with Crippen LogP contribution in [0.2, 0.25) is 0 Å². The molecule has 0 bridgehead atoms. The Balaban J connectivity index is 2.23. The minimum Gasteiger partial charge on any atom is -0.381 e. The van der Waals surface area contributed by atoms with E-state index in [2.05, 4.69) is 15.3 Å². The van der Waals surface area contributed by atoms with Gasteiger partial charge in [-0.05, 0) is 24.1 Å². The number of aromatic nitrogens is 4. The molecule has 0 saturated carbocycles. The second kappa shape index (κ2) is 3.45. The molecule has 0 amide bonds. The van der Waals surface area contributed by atoms with Gasteiger partial charge in [-0.3, -0.25) is 4.98 Å². The van der Waals surface area contributed by atoms with Gasteiger partial charge in [-0.25, -0.2) is 4.68 Å². The molecule has 0 aliphatic rings. The molecule has 0 radical (unpaired) electrons. The summed E-state index contributed by atoms with van der Waals surface area (Å²) in [5.74, 6) is 0.441. The number of hydrogen-bond acceptors (Lipinski definition) is 4. The lowest BCUT2D eigenvalue weighted by atomic mass is 10.2. The van der Waals surface area contributed by atoms with Gasteiger partial charge in [-0.2, -0.15) is 0 Å². The molecule has 0 atom stereocenters. The Morgan fingerprint density at radius 1 is 1.50 bits per heavy atom. The van der Waals surface area contributed by atoms with Crippen LogP contribution in [-0.2, 0) is 6.54 Å². The maximum Gasteiger partial charge on any atom is 0.165 e. The number of nitrogens with two attached hydrogens (primary N) is 1. The monoisotopic (exact) mass is 189 g/mol. The highest BCUT2D eigenvalue weighted by molar-refractivity contribution is 5.24. The first-order valence-electron chi connectivity index (χ1n) is 4.31. The van der Waals surface area contributed by atoms with Gasteiger partial charge in [-0.15, -0.1) is 5.10 Å². The van der Waals surface area contributed by atoms with Crippen molar-refractivity contribution in [3.63, 3.8) is 0 Å². The first-order chi connectivity index (χ1) is 6.75. The number of anilines is 1. The lowest BCUT2D eigenvalue weighted by Crippen LogP contribution is -2.02. The van der Waals surface area contributed by atoms with Crippen LogP contribution in [0, 0.1) is 6.92 Å². The standard InChI is InChI=1S/C9H11N5/c1-7-4-11-3-2-8(7)5-14-6-9(10)12-13-14/h2-4,6H,5,10H2,1H3. The zero-order valence-electron chi connectivity index (χ0n) is 7.88. The topological polar surface area (TPSA) is 69.6 Å². The summed E-state index contributed by atoms with van der Waals surface area (Å²) >= 11 is 0. The van der Waals surface area contributed by atoms with E-state index in [0.29, 0.717) is 12.4 Å². The van der Waals surface area contributed by atoms with Gasteiger partial charge < -0.3 is 5.73 Å². The third-order valence-corrected chi connectivity index (χ3v) is 2.03. The van der Waals surface area contributed by atoms with Gasteiger partial charge in [0.1, 0.15) is 0 Å². The molecule has 72 valence electrons. The Labute approximate surface area is 81.6 Å². The molecule has 0 fully saturated rings. The van der Waals surface area contributed by atoms with E-state index < -0.39 is 0 Å². The van der Waals surface area contributed by atoms with Gasteiger partial charge in [0, 0.05) is 12.4 Å². The van der Waals surface area contributed by atoms with Crippen LogP contribution in [0.1, 0.15) is 11.1 Å². The Morgan fingerprint density at radius 2 is 2.36 bits per heavy atom.